The zero-order valence-corrected chi connectivity index (χ0v) is 11.8. The van der Waals surface area contributed by atoms with E-state index in [1.54, 1.807) is 4.90 Å². The van der Waals surface area contributed by atoms with Crippen LogP contribution in [0.4, 0.5) is 10.5 Å². The van der Waals surface area contributed by atoms with Crippen LogP contribution in [0, 0.1) is 0 Å². The van der Waals surface area contributed by atoms with Crippen molar-refractivity contribution in [3.8, 4) is 0 Å². The van der Waals surface area contributed by atoms with Crippen LogP contribution < -0.4 is 10.2 Å². The molecule has 1 aliphatic heterocycles. The van der Waals surface area contributed by atoms with Crippen molar-refractivity contribution in [3.63, 3.8) is 0 Å². The number of carboxylic acids is 1. The van der Waals surface area contributed by atoms with Gasteiger partial charge >= 0.3 is 12.0 Å². The SMILES string of the molecule is CCC(C)NC(=O)N1CC(CC(=O)O)c2ccccc21. The van der Waals surface area contributed by atoms with Gasteiger partial charge in [-0.15, -0.1) is 0 Å². The van der Waals surface area contributed by atoms with Crippen LogP contribution >= 0.6 is 0 Å². The van der Waals surface area contributed by atoms with Crippen LogP contribution in [0.1, 0.15) is 38.2 Å². The molecule has 5 nitrogen and oxygen atoms in total. The van der Waals surface area contributed by atoms with Crippen LogP contribution in [0.25, 0.3) is 0 Å². The van der Waals surface area contributed by atoms with Crippen LogP contribution in [-0.4, -0.2) is 29.7 Å². The van der Waals surface area contributed by atoms with E-state index in [0.717, 1.165) is 17.7 Å². The number of carboxylic acid groups (broad SMARTS) is 1. The number of hydrogen-bond donors (Lipinski definition) is 2. The second-order valence-corrected chi connectivity index (χ2v) is 5.22. The number of urea groups is 1. The molecule has 1 heterocycles. The molecule has 0 radical (unpaired) electrons. The van der Waals surface area contributed by atoms with Crippen molar-refractivity contribution in [3.05, 3.63) is 29.8 Å². The Kier molecular flexibility index (Phi) is 4.27. The highest BCUT2D eigenvalue weighted by atomic mass is 16.4. The highest BCUT2D eigenvalue weighted by Crippen LogP contribution is 2.37. The Hall–Kier alpha value is -2.04. The van der Waals surface area contributed by atoms with Gasteiger partial charge in [0.15, 0.2) is 0 Å². The number of carbonyl (C=O) groups excluding carboxylic acids is 1. The second kappa shape index (κ2) is 5.94. The topological polar surface area (TPSA) is 69.6 Å². The number of aliphatic carboxylic acids is 1. The molecular weight excluding hydrogens is 256 g/mol. The normalized spacial score (nSPS) is 18.5. The van der Waals surface area contributed by atoms with E-state index in [1.807, 2.05) is 38.1 Å². The first-order valence-electron chi connectivity index (χ1n) is 6.91. The number of rotatable bonds is 4. The third-order valence-electron chi connectivity index (χ3n) is 3.72. The molecule has 2 amide bonds. The number of anilines is 1. The summed E-state index contributed by atoms with van der Waals surface area (Å²) in [4.78, 5) is 24.9. The molecule has 1 aromatic rings. The van der Waals surface area contributed by atoms with Crippen LogP contribution in [0.5, 0.6) is 0 Å². The maximum atomic E-state index is 12.3. The molecule has 0 saturated heterocycles. The van der Waals surface area contributed by atoms with E-state index in [2.05, 4.69) is 5.32 Å². The van der Waals surface area contributed by atoms with Crippen molar-refractivity contribution < 1.29 is 14.7 Å². The summed E-state index contributed by atoms with van der Waals surface area (Å²) >= 11 is 0. The van der Waals surface area contributed by atoms with Gasteiger partial charge in [0.05, 0.1) is 6.42 Å². The molecule has 0 aromatic heterocycles. The maximum Gasteiger partial charge on any atom is 0.322 e. The average molecular weight is 276 g/mol. The lowest BCUT2D eigenvalue weighted by atomic mass is 9.98. The Balaban J connectivity index is 2.20. The predicted molar refractivity (Wildman–Crippen MR) is 77.1 cm³/mol. The van der Waals surface area contributed by atoms with Gasteiger partial charge in [0, 0.05) is 24.2 Å². The molecule has 0 spiro atoms. The minimum atomic E-state index is -0.839. The molecule has 2 atom stereocenters. The summed E-state index contributed by atoms with van der Waals surface area (Å²) in [5.74, 6) is -0.972. The van der Waals surface area contributed by atoms with Gasteiger partial charge in [0.1, 0.15) is 0 Å². The third kappa shape index (κ3) is 2.92. The van der Waals surface area contributed by atoms with Crippen molar-refractivity contribution in [1.29, 1.82) is 0 Å². The second-order valence-electron chi connectivity index (χ2n) is 5.22. The number of para-hydroxylation sites is 1. The molecule has 1 aromatic carbocycles. The number of nitrogens with zero attached hydrogens (tertiary/aromatic N) is 1. The van der Waals surface area contributed by atoms with Crippen molar-refractivity contribution in [2.45, 2.75) is 38.6 Å². The Morgan fingerprint density at radius 3 is 2.80 bits per heavy atom. The first-order valence-corrected chi connectivity index (χ1v) is 6.91. The van der Waals surface area contributed by atoms with E-state index in [1.165, 1.54) is 0 Å². The number of amides is 2. The molecule has 0 aliphatic carbocycles. The van der Waals surface area contributed by atoms with Crippen LogP contribution in [-0.2, 0) is 4.79 Å². The highest BCUT2D eigenvalue weighted by molar-refractivity contribution is 5.95. The van der Waals surface area contributed by atoms with E-state index < -0.39 is 5.97 Å². The van der Waals surface area contributed by atoms with Gasteiger partial charge in [0.25, 0.3) is 0 Å². The summed E-state index contributed by atoms with van der Waals surface area (Å²) in [6, 6.07) is 7.47. The standard InChI is InChI=1S/C15H20N2O3/c1-3-10(2)16-15(20)17-9-11(8-14(18)19)12-6-4-5-7-13(12)17/h4-7,10-11H,3,8-9H2,1-2H3,(H,16,20)(H,18,19). The zero-order valence-electron chi connectivity index (χ0n) is 11.8. The van der Waals surface area contributed by atoms with Gasteiger partial charge < -0.3 is 10.4 Å². The van der Waals surface area contributed by atoms with E-state index in [4.69, 9.17) is 5.11 Å². The lowest BCUT2D eigenvalue weighted by Gasteiger charge is -2.21. The molecular formula is C15H20N2O3. The molecule has 0 fully saturated rings. The number of carbonyl (C=O) groups is 2. The fourth-order valence-electron chi connectivity index (χ4n) is 2.46. The van der Waals surface area contributed by atoms with E-state index in [-0.39, 0.29) is 24.4 Å². The van der Waals surface area contributed by atoms with Crippen LogP contribution in [0.15, 0.2) is 24.3 Å². The average Bonchev–Trinajstić information content (AvgIpc) is 2.77. The van der Waals surface area contributed by atoms with Crippen LogP contribution in [0.2, 0.25) is 0 Å². The predicted octanol–water partition coefficient (Wildman–Crippen LogP) is 2.57. The smallest absolute Gasteiger partial charge is 0.322 e. The van der Waals surface area contributed by atoms with Crippen molar-refractivity contribution in [2.24, 2.45) is 0 Å². The number of benzene rings is 1. The summed E-state index contributed by atoms with van der Waals surface area (Å²) < 4.78 is 0. The Morgan fingerprint density at radius 1 is 1.45 bits per heavy atom. The lowest BCUT2D eigenvalue weighted by Crippen LogP contribution is -2.43. The number of nitrogens with one attached hydrogen (secondary N) is 1. The van der Waals surface area contributed by atoms with Gasteiger partial charge in [-0.05, 0) is 25.0 Å². The van der Waals surface area contributed by atoms with Gasteiger partial charge in [0.2, 0.25) is 0 Å². The first kappa shape index (κ1) is 14.4. The van der Waals surface area contributed by atoms with Crippen molar-refractivity contribution in [2.75, 3.05) is 11.4 Å². The van der Waals surface area contributed by atoms with Gasteiger partial charge in [-0.1, -0.05) is 25.1 Å². The summed E-state index contributed by atoms with van der Waals surface area (Å²) in [6.45, 7) is 4.39. The summed E-state index contributed by atoms with van der Waals surface area (Å²) in [5.41, 5.74) is 1.76. The molecule has 2 N–H and O–H groups in total. The largest absolute Gasteiger partial charge is 0.481 e. The highest BCUT2D eigenvalue weighted by Gasteiger charge is 2.33. The van der Waals surface area contributed by atoms with E-state index in [0.29, 0.717) is 6.54 Å². The molecule has 0 bridgehead atoms. The van der Waals surface area contributed by atoms with Crippen LogP contribution in [0.3, 0.4) is 0 Å². The Bertz CT molecular complexity index is 516. The first-order chi connectivity index (χ1) is 9.52. The molecule has 1 aliphatic rings. The minimum absolute atomic E-state index is 0.0458. The fraction of sp³-hybridized carbons (Fsp3) is 0.467. The van der Waals surface area contributed by atoms with Gasteiger partial charge in [-0.2, -0.15) is 0 Å². The summed E-state index contributed by atoms with van der Waals surface area (Å²) in [7, 11) is 0. The molecule has 2 unspecified atom stereocenters. The maximum absolute atomic E-state index is 12.3. The Morgan fingerprint density at radius 2 is 2.15 bits per heavy atom. The molecule has 108 valence electrons. The Labute approximate surface area is 118 Å². The number of hydrogen-bond acceptors (Lipinski definition) is 2. The van der Waals surface area contributed by atoms with Gasteiger partial charge in [-0.3, -0.25) is 9.69 Å². The monoisotopic (exact) mass is 276 g/mol. The van der Waals surface area contributed by atoms with Crippen molar-refractivity contribution >= 4 is 17.7 Å². The summed E-state index contributed by atoms with van der Waals surface area (Å²) in [5, 5.41) is 11.9. The van der Waals surface area contributed by atoms with Crippen molar-refractivity contribution in [1.82, 2.24) is 5.32 Å². The molecule has 5 heteroatoms. The summed E-state index contributed by atoms with van der Waals surface area (Å²) in [6.07, 6.45) is 0.907. The molecule has 0 saturated carbocycles. The molecule has 2 rings (SSSR count). The van der Waals surface area contributed by atoms with E-state index in [9.17, 15) is 9.59 Å². The quantitative estimate of drug-likeness (QED) is 0.888. The van der Waals surface area contributed by atoms with E-state index >= 15 is 0 Å². The minimum Gasteiger partial charge on any atom is -0.481 e. The zero-order chi connectivity index (χ0) is 14.7. The third-order valence-corrected chi connectivity index (χ3v) is 3.72. The number of fused-ring (bicyclic) bond motifs is 1. The van der Waals surface area contributed by atoms with Gasteiger partial charge in [-0.25, -0.2) is 4.79 Å². The fourth-order valence-corrected chi connectivity index (χ4v) is 2.46. The lowest BCUT2D eigenvalue weighted by molar-refractivity contribution is -0.137. The molecule has 20 heavy (non-hydrogen) atoms.